The van der Waals surface area contributed by atoms with Crippen LogP contribution in [0.4, 0.5) is 4.79 Å². The van der Waals surface area contributed by atoms with Crippen LogP contribution in [0, 0.1) is 0 Å². The molecule has 0 saturated carbocycles. The van der Waals surface area contributed by atoms with Crippen molar-refractivity contribution in [2.24, 2.45) is 4.99 Å². The molecule has 1 N–H and O–H groups in total. The maximum Gasteiger partial charge on any atom is 0.410 e. The van der Waals surface area contributed by atoms with Crippen LogP contribution >= 0.6 is 24.0 Å². The Hall–Kier alpha value is -0.990. The van der Waals surface area contributed by atoms with E-state index in [1.165, 1.54) is 0 Å². The first kappa shape index (κ1) is 24.3. The second kappa shape index (κ2) is 12.4. The van der Waals surface area contributed by atoms with E-state index in [-0.39, 0.29) is 30.1 Å². The third kappa shape index (κ3) is 12.1. The lowest BCUT2D eigenvalue weighted by Gasteiger charge is -2.26. The van der Waals surface area contributed by atoms with Crippen molar-refractivity contribution >= 4 is 36.0 Å². The van der Waals surface area contributed by atoms with Crippen molar-refractivity contribution in [3.05, 3.63) is 12.7 Å². The predicted octanol–water partition coefficient (Wildman–Crippen LogP) is 2.94. The van der Waals surface area contributed by atoms with Gasteiger partial charge in [0, 0.05) is 40.8 Å². The lowest BCUT2D eigenvalue weighted by atomic mass is 10.2. The molecule has 6 nitrogen and oxygen atoms in total. The van der Waals surface area contributed by atoms with E-state index in [4.69, 9.17) is 4.74 Å². The Labute approximate surface area is 158 Å². The summed E-state index contributed by atoms with van der Waals surface area (Å²) in [5, 5.41) is 3.25. The van der Waals surface area contributed by atoms with E-state index in [0.717, 1.165) is 25.3 Å². The number of unbranched alkanes of at least 4 members (excludes halogenated alkanes) is 1. The van der Waals surface area contributed by atoms with Gasteiger partial charge in [-0.2, -0.15) is 0 Å². The van der Waals surface area contributed by atoms with Crippen molar-refractivity contribution in [3.8, 4) is 0 Å². The highest BCUT2D eigenvalue weighted by Gasteiger charge is 2.19. The van der Waals surface area contributed by atoms with E-state index >= 15 is 0 Å². The summed E-state index contributed by atoms with van der Waals surface area (Å²) in [6.45, 7) is 11.4. The molecule has 23 heavy (non-hydrogen) atoms. The summed E-state index contributed by atoms with van der Waals surface area (Å²) in [6, 6.07) is 0. The summed E-state index contributed by atoms with van der Waals surface area (Å²) >= 11 is 0. The molecule has 0 aromatic carbocycles. The molecule has 0 fully saturated rings. The molecule has 0 bridgehead atoms. The number of rotatable bonds is 7. The van der Waals surface area contributed by atoms with Gasteiger partial charge in [0.2, 0.25) is 0 Å². The zero-order chi connectivity index (χ0) is 17.2. The number of guanidine groups is 1. The Morgan fingerprint density at radius 3 is 2.35 bits per heavy atom. The molecule has 0 aromatic rings. The first-order valence-electron chi connectivity index (χ1n) is 7.68. The lowest BCUT2D eigenvalue weighted by Crippen LogP contribution is -2.44. The average Bonchev–Trinajstić information content (AvgIpc) is 2.41. The number of hydrogen-bond donors (Lipinski definition) is 1. The highest BCUT2D eigenvalue weighted by Crippen LogP contribution is 2.08. The van der Waals surface area contributed by atoms with E-state index < -0.39 is 5.60 Å². The average molecular weight is 440 g/mol. The minimum Gasteiger partial charge on any atom is -0.444 e. The van der Waals surface area contributed by atoms with Crippen molar-refractivity contribution in [2.75, 3.05) is 40.8 Å². The highest BCUT2D eigenvalue weighted by molar-refractivity contribution is 14.0. The fraction of sp³-hybridized carbons (Fsp3) is 0.750. The fourth-order valence-electron chi connectivity index (χ4n) is 1.73. The third-order valence-corrected chi connectivity index (χ3v) is 2.91. The van der Waals surface area contributed by atoms with Crippen molar-refractivity contribution in [3.63, 3.8) is 0 Å². The number of aliphatic imine (C=N–C) groups is 1. The van der Waals surface area contributed by atoms with Crippen LogP contribution in [0.2, 0.25) is 0 Å². The first-order valence-corrected chi connectivity index (χ1v) is 7.68. The highest BCUT2D eigenvalue weighted by atomic mass is 127. The van der Waals surface area contributed by atoms with Gasteiger partial charge >= 0.3 is 6.09 Å². The molecule has 0 radical (unpaired) electrons. The van der Waals surface area contributed by atoms with Gasteiger partial charge in [-0.3, -0.25) is 4.99 Å². The summed E-state index contributed by atoms with van der Waals surface area (Å²) in [5.41, 5.74) is -0.472. The van der Waals surface area contributed by atoms with Crippen molar-refractivity contribution < 1.29 is 9.53 Å². The van der Waals surface area contributed by atoms with Crippen molar-refractivity contribution in [1.29, 1.82) is 0 Å². The zero-order valence-electron chi connectivity index (χ0n) is 15.4. The summed E-state index contributed by atoms with van der Waals surface area (Å²) in [6.07, 6.45) is 3.63. The molecule has 136 valence electrons. The molecule has 0 aliphatic rings. The normalized spacial score (nSPS) is 11.3. The van der Waals surface area contributed by atoms with Crippen molar-refractivity contribution in [1.82, 2.24) is 15.1 Å². The summed E-state index contributed by atoms with van der Waals surface area (Å²) in [5.74, 6) is 0.821. The number of carbonyl (C=O) groups is 1. The van der Waals surface area contributed by atoms with Crippen LogP contribution in [0.15, 0.2) is 17.6 Å². The number of likely N-dealkylation sites (N-methyl/N-ethyl adjacent to an activating group) is 1. The van der Waals surface area contributed by atoms with Crippen molar-refractivity contribution in [2.45, 2.75) is 39.2 Å². The van der Waals surface area contributed by atoms with Crippen LogP contribution in [-0.4, -0.2) is 68.2 Å². The molecule has 0 atom stereocenters. The maximum absolute atomic E-state index is 11.8. The second-order valence-corrected chi connectivity index (χ2v) is 6.23. The van der Waals surface area contributed by atoms with Gasteiger partial charge in [0.25, 0.3) is 0 Å². The van der Waals surface area contributed by atoms with Crippen LogP contribution in [0.1, 0.15) is 33.6 Å². The molecule has 1 amide bonds. The molecule has 0 spiro atoms. The largest absolute Gasteiger partial charge is 0.444 e. The molecule has 7 heteroatoms. The molecule has 0 heterocycles. The fourth-order valence-corrected chi connectivity index (χ4v) is 1.73. The molecule has 0 aliphatic heterocycles. The summed E-state index contributed by atoms with van der Waals surface area (Å²) in [4.78, 5) is 19.7. The number of hydrogen-bond acceptors (Lipinski definition) is 3. The van der Waals surface area contributed by atoms with E-state index in [0.29, 0.717) is 13.1 Å². The van der Waals surface area contributed by atoms with E-state index in [9.17, 15) is 4.79 Å². The molecule has 0 rings (SSSR count). The molecular formula is C16H33IN4O2. The minimum atomic E-state index is -0.472. The Bertz CT molecular complexity index is 381. The number of allylic oxidation sites excluding steroid dienone is 1. The zero-order valence-corrected chi connectivity index (χ0v) is 17.7. The monoisotopic (exact) mass is 440 g/mol. The van der Waals surface area contributed by atoms with Gasteiger partial charge in [0.15, 0.2) is 5.96 Å². The maximum atomic E-state index is 11.8. The molecule has 0 aromatic heterocycles. The molecule has 0 aliphatic carbocycles. The SMILES string of the molecule is C=CCCCN(C)C(=NC)NCCN(C)C(=O)OC(C)(C)C.I. The number of nitrogens with zero attached hydrogens (tertiary/aromatic N) is 3. The van der Waals surface area contributed by atoms with E-state index in [1.807, 2.05) is 33.9 Å². The standard InChI is InChI=1S/C16H32N4O2.HI/c1-8-9-10-12-19(6)14(17-5)18-11-13-20(7)15(21)22-16(2,3)4;/h8H,1,9-13H2,2-7H3,(H,17,18);1H. The number of ether oxygens (including phenoxy) is 1. The van der Waals surface area contributed by atoms with Gasteiger partial charge in [-0.25, -0.2) is 4.79 Å². The lowest BCUT2D eigenvalue weighted by molar-refractivity contribution is 0.0302. The van der Waals surface area contributed by atoms with Crippen LogP contribution in [0.5, 0.6) is 0 Å². The predicted molar refractivity (Wildman–Crippen MR) is 108 cm³/mol. The van der Waals surface area contributed by atoms with Crippen LogP contribution in [0.25, 0.3) is 0 Å². The number of halogens is 1. The number of nitrogens with one attached hydrogen (secondary N) is 1. The van der Waals surface area contributed by atoms with Gasteiger partial charge in [0.1, 0.15) is 5.60 Å². The van der Waals surface area contributed by atoms with Gasteiger partial charge in [-0.05, 0) is 33.6 Å². The van der Waals surface area contributed by atoms with Gasteiger partial charge in [-0.1, -0.05) is 6.08 Å². The van der Waals surface area contributed by atoms with Gasteiger partial charge < -0.3 is 19.9 Å². The van der Waals surface area contributed by atoms with Gasteiger partial charge in [0.05, 0.1) is 0 Å². The van der Waals surface area contributed by atoms with Crippen LogP contribution in [-0.2, 0) is 4.74 Å². The Morgan fingerprint density at radius 2 is 1.87 bits per heavy atom. The Kier molecular flexibility index (Phi) is 13.1. The molecular weight excluding hydrogens is 407 g/mol. The van der Waals surface area contributed by atoms with Gasteiger partial charge in [-0.15, -0.1) is 30.6 Å². The van der Waals surface area contributed by atoms with E-state index in [1.54, 1.807) is 19.0 Å². The van der Waals surface area contributed by atoms with Crippen LogP contribution < -0.4 is 5.32 Å². The molecule has 0 unspecified atom stereocenters. The second-order valence-electron chi connectivity index (χ2n) is 6.23. The Balaban J connectivity index is 0. The Morgan fingerprint density at radius 1 is 1.26 bits per heavy atom. The summed E-state index contributed by atoms with van der Waals surface area (Å²) in [7, 11) is 5.48. The summed E-state index contributed by atoms with van der Waals surface area (Å²) < 4.78 is 5.31. The number of carbonyl (C=O) groups excluding carboxylic acids is 1. The molecule has 0 saturated heterocycles. The smallest absolute Gasteiger partial charge is 0.410 e. The van der Waals surface area contributed by atoms with E-state index in [2.05, 4.69) is 21.8 Å². The first-order chi connectivity index (χ1) is 10.2. The quantitative estimate of drug-likeness (QED) is 0.218. The topological polar surface area (TPSA) is 57.2 Å². The number of amides is 1. The van der Waals surface area contributed by atoms with Crippen LogP contribution in [0.3, 0.4) is 0 Å². The minimum absolute atomic E-state index is 0. The third-order valence-electron chi connectivity index (χ3n) is 2.91.